The van der Waals surface area contributed by atoms with Gasteiger partial charge in [-0.15, -0.1) is 0 Å². The molecule has 0 aliphatic heterocycles. The number of carbonyl (C=O) groups is 2. The topological polar surface area (TPSA) is 102 Å². The number of aromatic nitrogens is 1. The first-order valence-electron chi connectivity index (χ1n) is 7.97. The van der Waals surface area contributed by atoms with Gasteiger partial charge >= 0.3 is 11.9 Å². The lowest BCUT2D eigenvalue weighted by Gasteiger charge is -2.04. The van der Waals surface area contributed by atoms with E-state index in [0.717, 1.165) is 22.1 Å². The number of carbonyl (C=O) groups excluding carboxylic acids is 2. The molecule has 0 unspecified atom stereocenters. The molecule has 3 aromatic rings. The van der Waals surface area contributed by atoms with Crippen molar-refractivity contribution in [1.82, 2.24) is 4.98 Å². The predicted molar refractivity (Wildman–Crippen MR) is 103 cm³/mol. The molecule has 1 N–H and O–H groups in total. The summed E-state index contributed by atoms with van der Waals surface area (Å²) in [6.45, 7) is 1.73. The molecule has 1 aromatic heterocycles. The molecule has 0 radical (unpaired) electrons. The summed E-state index contributed by atoms with van der Waals surface area (Å²) in [6, 6.07) is 12.1. The van der Waals surface area contributed by atoms with Gasteiger partial charge in [0.2, 0.25) is 0 Å². The van der Waals surface area contributed by atoms with Gasteiger partial charge in [0.25, 0.3) is 0 Å². The smallest absolute Gasteiger partial charge is 0.397 e. The number of sulfone groups is 1. The molecule has 9 heteroatoms. The summed E-state index contributed by atoms with van der Waals surface area (Å²) < 4.78 is 28.9. The zero-order chi connectivity index (χ0) is 19.6. The average molecular weight is 404 g/mol. The van der Waals surface area contributed by atoms with Gasteiger partial charge in [-0.2, -0.15) is 0 Å². The van der Waals surface area contributed by atoms with Gasteiger partial charge in [0.1, 0.15) is 0 Å². The van der Waals surface area contributed by atoms with E-state index in [0.29, 0.717) is 5.52 Å². The number of nitrogens with zero attached hydrogens (tertiary/aromatic N) is 1. The number of ether oxygens (including phenoxy) is 1. The minimum atomic E-state index is -3.30. The van der Waals surface area contributed by atoms with Gasteiger partial charge in [-0.3, -0.25) is 10.1 Å². The number of esters is 1. The van der Waals surface area contributed by atoms with E-state index in [-0.39, 0.29) is 16.6 Å². The Morgan fingerprint density at radius 3 is 2.59 bits per heavy atom. The summed E-state index contributed by atoms with van der Waals surface area (Å²) in [5, 5.41) is 2.70. The fourth-order valence-electron chi connectivity index (χ4n) is 2.41. The highest BCUT2D eigenvalue weighted by Crippen LogP contribution is 2.31. The van der Waals surface area contributed by atoms with E-state index in [1.807, 2.05) is 18.2 Å². The highest BCUT2D eigenvalue weighted by molar-refractivity contribution is 7.90. The van der Waals surface area contributed by atoms with Gasteiger partial charge in [0, 0.05) is 6.26 Å². The fraction of sp³-hybridized carbons (Fsp3) is 0.167. The second-order valence-electron chi connectivity index (χ2n) is 5.68. The number of nitrogens with one attached hydrogen (secondary N) is 1. The predicted octanol–water partition coefficient (Wildman–Crippen LogP) is 2.87. The first-order valence-corrected chi connectivity index (χ1v) is 10.7. The number of hydrogen-bond donors (Lipinski definition) is 1. The lowest BCUT2D eigenvalue weighted by molar-refractivity contribution is -0.152. The summed E-state index contributed by atoms with van der Waals surface area (Å²) >= 11 is 1.21. The molecule has 0 aliphatic carbocycles. The van der Waals surface area contributed by atoms with Crippen LogP contribution in [0.15, 0.2) is 47.4 Å². The molecule has 27 heavy (non-hydrogen) atoms. The molecule has 0 bridgehead atoms. The zero-order valence-electron chi connectivity index (χ0n) is 14.6. The van der Waals surface area contributed by atoms with Crippen LogP contribution in [-0.2, 0) is 24.2 Å². The minimum absolute atomic E-state index is 0.113. The molecule has 7 nitrogen and oxygen atoms in total. The molecule has 0 fully saturated rings. The molecule has 3 rings (SSSR count). The Labute approximate surface area is 159 Å². The van der Waals surface area contributed by atoms with E-state index in [9.17, 15) is 18.0 Å². The molecule has 2 aromatic carbocycles. The maximum Gasteiger partial charge on any atom is 0.397 e. The molecule has 0 atom stereocenters. The largest absolute Gasteiger partial charge is 0.459 e. The van der Waals surface area contributed by atoms with Crippen LogP contribution in [-0.4, -0.2) is 38.1 Å². The van der Waals surface area contributed by atoms with Gasteiger partial charge in [-0.25, -0.2) is 18.2 Å². The van der Waals surface area contributed by atoms with E-state index in [2.05, 4.69) is 15.0 Å². The Balaban J connectivity index is 1.90. The highest BCUT2D eigenvalue weighted by atomic mass is 32.2. The summed E-state index contributed by atoms with van der Waals surface area (Å²) in [5.74, 6) is -1.84. The Kier molecular flexibility index (Phi) is 5.24. The normalized spacial score (nSPS) is 11.3. The SMILES string of the molecule is CCOC(=O)C(=O)Nc1nc2ccc(-c3cccc(S(C)(=O)=O)c3)cc2s1. The summed E-state index contributed by atoms with van der Waals surface area (Å²) in [7, 11) is -3.30. The number of amides is 1. The number of hydrogen-bond acceptors (Lipinski definition) is 7. The number of fused-ring (bicyclic) bond motifs is 1. The maximum atomic E-state index is 11.8. The van der Waals surface area contributed by atoms with E-state index >= 15 is 0 Å². The van der Waals surface area contributed by atoms with Crippen molar-refractivity contribution in [3.8, 4) is 11.1 Å². The van der Waals surface area contributed by atoms with E-state index < -0.39 is 21.7 Å². The third-order valence-electron chi connectivity index (χ3n) is 3.67. The first kappa shape index (κ1) is 19.0. The number of thiazole rings is 1. The maximum absolute atomic E-state index is 11.8. The van der Waals surface area contributed by atoms with Gasteiger partial charge in [-0.05, 0) is 42.3 Å². The standard InChI is InChI=1S/C18H16N2O5S2/c1-3-25-17(22)16(21)20-18-19-14-8-7-12(10-15(14)26-18)11-5-4-6-13(9-11)27(2,23)24/h4-10H,3H2,1-2H3,(H,19,20,21). The molecule has 0 saturated carbocycles. The Bertz CT molecular complexity index is 1140. The molecule has 1 amide bonds. The van der Waals surface area contributed by atoms with Crippen LogP contribution in [0.3, 0.4) is 0 Å². The molecule has 1 heterocycles. The van der Waals surface area contributed by atoms with Crippen LogP contribution in [0, 0.1) is 0 Å². The van der Waals surface area contributed by atoms with Crippen molar-refractivity contribution in [3.05, 3.63) is 42.5 Å². The van der Waals surface area contributed by atoms with Crippen molar-refractivity contribution < 1.29 is 22.7 Å². The van der Waals surface area contributed by atoms with Gasteiger partial charge < -0.3 is 4.74 Å². The van der Waals surface area contributed by atoms with Gasteiger partial charge in [0.15, 0.2) is 15.0 Å². The van der Waals surface area contributed by atoms with Crippen LogP contribution >= 0.6 is 11.3 Å². The monoisotopic (exact) mass is 404 g/mol. The first-order chi connectivity index (χ1) is 12.8. The average Bonchev–Trinajstić information content (AvgIpc) is 3.02. The second-order valence-corrected chi connectivity index (χ2v) is 8.72. The summed E-state index contributed by atoms with van der Waals surface area (Å²) in [6.07, 6.45) is 1.16. The van der Waals surface area contributed by atoms with Crippen LogP contribution < -0.4 is 5.32 Å². The quantitative estimate of drug-likeness (QED) is 0.530. The molecule has 0 spiro atoms. The Hall–Kier alpha value is -2.78. The van der Waals surface area contributed by atoms with Gasteiger partial charge in [0.05, 0.1) is 21.7 Å². The third-order valence-corrected chi connectivity index (χ3v) is 5.71. The van der Waals surface area contributed by atoms with Crippen LogP contribution in [0.5, 0.6) is 0 Å². The number of anilines is 1. The Morgan fingerprint density at radius 1 is 1.15 bits per heavy atom. The van der Waals surface area contributed by atoms with Crippen molar-refractivity contribution in [2.75, 3.05) is 18.2 Å². The van der Waals surface area contributed by atoms with Crippen molar-refractivity contribution >= 4 is 48.4 Å². The minimum Gasteiger partial charge on any atom is -0.459 e. The van der Waals surface area contributed by atoms with E-state index in [4.69, 9.17) is 0 Å². The second kappa shape index (κ2) is 7.45. The molecule has 0 aliphatic rings. The Morgan fingerprint density at radius 2 is 1.89 bits per heavy atom. The van der Waals surface area contributed by atoms with Crippen molar-refractivity contribution in [2.24, 2.45) is 0 Å². The third kappa shape index (κ3) is 4.32. The van der Waals surface area contributed by atoms with Crippen LogP contribution in [0.1, 0.15) is 6.92 Å². The number of rotatable bonds is 4. The van der Waals surface area contributed by atoms with Crippen molar-refractivity contribution in [2.45, 2.75) is 11.8 Å². The fourth-order valence-corrected chi connectivity index (χ4v) is 3.98. The zero-order valence-corrected chi connectivity index (χ0v) is 16.2. The van der Waals surface area contributed by atoms with Crippen LogP contribution in [0.2, 0.25) is 0 Å². The lowest BCUT2D eigenvalue weighted by Crippen LogP contribution is -2.24. The van der Waals surface area contributed by atoms with Crippen molar-refractivity contribution in [1.29, 1.82) is 0 Å². The van der Waals surface area contributed by atoms with Crippen molar-refractivity contribution in [3.63, 3.8) is 0 Å². The molecular formula is C18H16N2O5S2. The number of benzene rings is 2. The summed E-state index contributed by atoms with van der Waals surface area (Å²) in [5.41, 5.74) is 2.23. The lowest BCUT2D eigenvalue weighted by atomic mass is 10.1. The van der Waals surface area contributed by atoms with Gasteiger partial charge in [-0.1, -0.05) is 29.5 Å². The van der Waals surface area contributed by atoms with Crippen LogP contribution in [0.25, 0.3) is 21.3 Å². The van der Waals surface area contributed by atoms with Crippen LogP contribution in [0.4, 0.5) is 5.13 Å². The molecule has 0 saturated heterocycles. The van der Waals surface area contributed by atoms with E-state index in [1.54, 1.807) is 31.2 Å². The van der Waals surface area contributed by atoms with E-state index in [1.165, 1.54) is 11.3 Å². The summed E-state index contributed by atoms with van der Waals surface area (Å²) in [4.78, 5) is 27.6. The molecule has 140 valence electrons. The highest BCUT2D eigenvalue weighted by Gasteiger charge is 2.17. The molecular weight excluding hydrogens is 388 g/mol.